The van der Waals surface area contributed by atoms with Gasteiger partial charge in [-0.1, -0.05) is 25.0 Å². The van der Waals surface area contributed by atoms with Crippen molar-refractivity contribution in [3.63, 3.8) is 0 Å². The Hall–Kier alpha value is -2.37. The number of H-pyrrole nitrogens is 1. The molecule has 0 bridgehead atoms. The fraction of sp³-hybridized carbons (Fsp3) is 0.400. The molecule has 1 aromatic carbocycles. The lowest BCUT2D eigenvalue weighted by atomic mass is 9.92. The summed E-state index contributed by atoms with van der Waals surface area (Å²) in [5, 5.41) is 19.7. The zero-order valence-electron chi connectivity index (χ0n) is 11.6. The van der Waals surface area contributed by atoms with E-state index in [2.05, 4.69) is 15.5 Å². The number of nitrogens with zero attached hydrogens (tertiary/aromatic N) is 1. The van der Waals surface area contributed by atoms with Crippen LogP contribution in [-0.4, -0.2) is 32.7 Å². The van der Waals surface area contributed by atoms with Crippen LogP contribution in [0.2, 0.25) is 0 Å². The van der Waals surface area contributed by atoms with E-state index in [1.807, 2.05) is 6.07 Å². The number of aromatic amines is 1. The number of carbonyl (C=O) groups excluding carboxylic acids is 1. The first-order valence-electron chi connectivity index (χ1n) is 7.06. The van der Waals surface area contributed by atoms with E-state index in [0.29, 0.717) is 23.9 Å². The molecule has 1 aromatic heterocycles. The Kier molecular flexibility index (Phi) is 3.37. The second-order valence-corrected chi connectivity index (χ2v) is 5.65. The number of hydrogen-bond donors (Lipinski definition) is 3. The highest BCUT2D eigenvalue weighted by molar-refractivity contribution is 6.05. The number of amides is 1. The summed E-state index contributed by atoms with van der Waals surface area (Å²) in [5.74, 6) is -1.12. The van der Waals surface area contributed by atoms with Gasteiger partial charge in [0.05, 0.1) is 29.2 Å². The molecule has 21 heavy (non-hydrogen) atoms. The van der Waals surface area contributed by atoms with Gasteiger partial charge < -0.3 is 10.4 Å². The Morgan fingerprint density at radius 3 is 2.81 bits per heavy atom. The number of para-hydroxylation sites is 1. The van der Waals surface area contributed by atoms with E-state index in [4.69, 9.17) is 5.11 Å². The average Bonchev–Trinajstić information content (AvgIpc) is 3.06. The maximum absolute atomic E-state index is 12.5. The third-order valence-corrected chi connectivity index (χ3v) is 4.15. The van der Waals surface area contributed by atoms with Gasteiger partial charge in [-0.3, -0.25) is 14.7 Å². The monoisotopic (exact) mass is 287 g/mol. The Morgan fingerprint density at radius 2 is 2.10 bits per heavy atom. The molecule has 3 N–H and O–H groups in total. The molecule has 0 atom stereocenters. The molecule has 2 aromatic rings. The third kappa shape index (κ3) is 2.61. The molecule has 0 spiro atoms. The largest absolute Gasteiger partial charge is 0.481 e. The maximum Gasteiger partial charge on any atom is 0.305 e. The first kappa shape index (κ1) is 13.6. The lowest BCUT2D eigenvalue weighted by Crippen LogP contribution is -2.47. The summed E-state index contributed by atoms with van der Waals surface area (Å²) in [6.45, 7) is 0. The van der Waals surface area contributed by atoms with Gasteiger partial charge in [-0.25, -0.2) is 0 Å². The van der Waals surface area contributed by atoms with Crippen molar-refractivity contribution in [3.8, 4) is 0 Å². The van der Waals surface area contributed by atoms with Gasteiger partial charge in [-0.05, 0) is 18.9 Å². The van der Waals surface area contributed by atoms with Crippen LogP contribution in [0.4, 0.5) is 0 Å². The number of rotatable bonds is 4. The van der Waals surface area contributed by atoms with Crippen molar-refractivity contribution in [1.29, 1.82) is 0 Å². The van der Waals surface area contributed by atoms with Gasteiger partial charge in [0.25, 0.3) is 5.91 Å². The summed E-state index contributed by atoms with van der Waals surface area (Å²) < 4.78 is 0. The summed E-state index contributed by atoms with van der Waals surface area (Å²) in [5.41, 5.74) is 0.561. The molecule has 6 nitrogen and oxygen atoms in total. The molecule has 3 rings (SSSR count). The smallest absolute Gasteiger partial charge is 0.305 e. The van der Waals surface area contributed by atoms with E-state index >= 15 is 0 Å². The van der Waals surface area contributed by atoms with Crippen LogP contribution in [0.25, 0.3) is 10.9 Å². The van der Waals surface area contributed by atoms with Crippen LogP contribution < -0.4 is 5.32 Å². The van der Waals surface area contributed by atoms with E-state index in [0.717, 1.165) is 18.2 Å². The van der Waals surface area contributed by atoms with E-state index in [-0.39, 0.29) is 12.3 Å². The summed E-state index contributed by atoms with van der Waals surface area (Å²) in [7, 11) is 0. The Balaban J connectivity index is 1.88. The first-order chi connectivity index (χ1) is 10.1. The highest BCUT2D eigenvalue weighted by Gasteiger charge is 2.37. The quantitative estimate of drug-likeness (QED) is 0.802. The average molecular weight is 287 g/mol. The number of carboxylic acid groups (broad SMARTS) is 1. The standard InChI is InChI=1S/C15H17N3O3/c19-12(20)8-15(6-1-2-7-15)17-14(21)11-5-3-4-10-9-16-18-13(10)11/h3-5,9H,1-2,6-8H2,(H,16,18)(H,17,21)(H,19,20). The number of carbonyl (C=O) groups is 2. The first-order valence-corrected chi connectivity index (χ1v) is 7.06. The summed E-state index contributed by atoms with van der Waals surface area (Å²) in [6.07, 6.45) is 4.95. The van der Waals surface area contributed by atoms with Gasteiger partial charge in [0, 0.05) is 5.39 Å². The van der Waals surface area contributed by atoms with Gasteiger partial charge in [0.2, 0.25) is 0 Å². The predicted molar refractivity (Wildman–Crippen MR) is 77.0 cm³/mol. The molecule has 1 aliphatic carbocycles. The van der Waals surface area contributed by atoms with Crippen molar-refractivity contribution in [2.24, 2.45) is 0 Å². The van der Waals surface area contributed by atoms with E-state index < -0.39 is 11.5 Å². The number of carboxylic acids is 1. The minimum atomic E-state index is -0.878. The minimum Gasteiger partial charge on any atom is -0.481 e. The Bertz CT molecular complexity index is 686. The molecule has 110 valence electrons. The van der Waals surface area contributed by atoms with Crippen molar-refractivity contribution in [1.82, 2.24) is 15.5 Å². The summed E-state index contributed by atoms with van der Waals surface area (Å²) >= 11 is 0. The normalized spacial score (nSPS) is 17.0. The summed E-state index contributed by atoms with van der Waals surface area (Å²) in [4.78, 5) is 23.6. The van der Waals surface area contributed by atoms with Gasteiger partial charge in [-0.15, -0.1) is 0 Å². The van der Waals surface area contributed by atoms with Gasteiger partial charge in [-0.2, -0.15) is 5.10 Å². The lowest BCUT2D eigenvalue weighted by Gasteiger charge is -2.28. The van der Waals surface area contributed by atoms with Crippen LogP contribution in [0.15, 0.2) is 24.4 Å². The fourth-order valence-electron chi connectivity index (χ4n) is 3.15. The van der Waals surface area contributed by atoms with Crippen molar-refractivity contribution >= 4 is 22.8 Å². The van der Waals surface area contributed by atoms with Crippen LogP contribution in [0.3, 0.4) is 0 Å². The molecule has 0 radical (unpaired) electrons. The number of aromatic nitrogens is 2. The molecule has 0 aliphatic heterocycles. The van der Waals surface area contributed by atoms with E-state index in [9.17, 15) is 9.59 Å². The second kappa shape index (κ2) is 5.20. The van der Waals surface area contributed by atoms with Crippen molar-refractivity contribution in [2.45, 2.75) is 37.6 Å². The Labute approximate surface area is 121 Å². The number of hydrogen-bond acceptors (Lipinski definition) is 3. The topological polar surface area (TPSA) is 95.1 Å². The van der Waals surface area contributed by atoms with Gasteiger partial charge in [0.15, 0.2) is 0 Å². The van der Waals surface area contributed by atoms with Crippen molar-refractivity contribution in [2.75, 3.05) is 0 Å². The van der Waals surface area contributed by atoms with Gasteiger partial charge in [0.1, 0.15) is 0 Å². The second-order valence-electron chi connectivity index (χ2n) is 5.65. The highest BCUT2D eigenvalue weighted by Crippen LogP contribution is 2.33. The zero-order valence-corrected chi connectivity index (χ0v) is 11.6. The summed E-state index contributed by atoms with van der Waals surface area (Å²) in [6, 6.07) is 5.39. The molecular formula is C15H17N3O3. The van der Waals surface area contributed by atoms with Crippen LogP contribution in [-0.2, 0) is 4.79 Å². The van der Waals surface area contributed by atoms with Crippen LogP contribution in [0.1, 0.15) is 42.5 Å². The van der Waals surface area contributed by atoms with Crippen LogP contribution >= 0.6 is 0 Å². The number of benzene rings is 1. The molecule has 1 saturated carbocycles. The predicted octanol–water partition coefficient (Wildman–Crippen LogP) is 2.08. The van der Waals surface area contributed by atoms with Gasteiger partial charge >= 0.3 is 5.97 Å². The number of aliphatic carboxylic acids is 1. The molecule has 1 aliphatic rings. The molecular weight excluding hydrogens is 270 g/mol. The number of nitrogens with one attached hydrogen (secondary N) is 2. The fourth-order valence-corrected chi connectivity index (χ4v) is 3.15. The maximum atomic E-state index is 12.5. The molecule has 6 heteroatoms. The molecule has 0 unspecified atom stereocenters. The minimum absolute atomic E-state index is 0.0301. The number of fused-ring (bicyclic) bond motifs is 1. The third-order valence-electron chi connectivity index (χ3n) is 4.15. The van der Waals surface area contributed by atoms with E-state index in [1.54, 1.807) is 18.3 Å². The Morgan fingerprint density at radius 1 is 1.33 bits per heavy atom. The molecule has 1 heterocycles. The highest BCUT2D eigenvalue weighted by atomic mass is 16.4. The SMILES string of the molecule is O=C(O)CC1(NC(=O)c2cccc3cn[nH]c23)CCCC1. The van der Waals surface area contributed by atoms with Crippen LogP contribution in [0.5, 0.6) is 0 Å². The zero-order chi connectivity index (χ0) is 14.9. The van der Waals surface area contributed by atoms with Crippen molar-refractivity contribution < 1.29 is 14.7 Å². The lowest BCUT2D eigenvalue weighted by molar-refractivity contribution is -0.138. The molecule has 0 saturated heterocycles. The molecule has 1 fully saturated rings. The van der Waals surface area contributed by atoms with E-state index in [1.165, 1.54) is 0 Å². The van der Waals surface area contributed by atoms with Crippen LogP contribution in [0, 0.1) is 0 Å². The molecule has 1 amide bonds. The van der Waals surface area contributed by atoms with Crippen molar-refractivity contribution in [3.05, 3.63) is 30.0 Å².